The lowest BCUT2D eigenvalue weighted by atomic mass is 10.0. The third-order valence-electron chi connectivity index (χ3n) is 5.11. The largest absolute Gasteiger partial charge is 0.494 e. The normalized spacial score (nSPS) is 15.6. The first-order valence-corrected chi connectivity index (χ1v) is 13.5. The van der Waals surface area contributed by atoms with Gasteiger partial charge in [0.05, 0.1) is 34.7 Å². The molecule has 172 valence electrons. The van der Waals surface area contributed by atoms with Crippen LogP contribution < -0.4 is 4.87 Å². The van der Waals surface area contributed by atoms with Crippen molar-refractivity contribution in [3.05, 3.63) is 61.2 Å². The van der Waals surface area contributed by atoms with Gasteiger partial charge in [-0.1, -0.05) is 23.5 Å². The molecule has 33 heavy (non-hydrogen) atoms. The number of nitrogens with zero attached hydrogens (tertiary/aromatic N) is 3. The molecule has 3 aromatic heterocycles. The predicted molar refractivity (Wildman–Crippen MR) is 123 cm³/mol. The smallest absolute Gasteiger partial charge is 0.307 e. The van der Waals surface area contributed by atoms with E-state index in [1.807, 2.05) is 24.3 Å². The third-order valence-corrected chi connectivity index (χ3v) is 8.50. The maximum atomic E-state index is 12.7. The molecule has 1 aliphatic heterocycles. The van der Waals surface area contributed by atoms with E-state index in [4.69, 9.17) is 9.15 Å². The van der Waals surface area contributed by atoms with Gasteiger partial charge in [-0.15, -0.1) is 21.5 Å². The minimum absolute atomic E-state index is 0.000746. The topological polar surface area (TPSA) is 148 Å². The Bertz CT molecular complexity index is 1530. The molecular weight excluding hydrogens is 488 g/mol. The number of rotatable bonds is 6. The number of fused-ring (bicyclic) bond motifs is 1. The van der Waals surface area contributed by atoms with E-state index in [0.717, 1.165) is 34.3 Å². The summed E-state index contributed by atoms with van der Waals surface area (Å²) in [5.74, 6) is -0.300. The predicted octanol–water partition coefficient (Wildman–Crippen LogP) is 2.66. The zero-order chi connectivity index (χ0) is 23.2. The second kappa shape index (κ2) is 8.48. The van der Waals surface area contributed by atoms with Crippen molar-refractivity contribution in [2.45, 2.75) is 18.1 Å². The van der Waals surface area contributed by atoms with E-state index >= 15 is 0 Å². The maximum Gasteiger partial charge on any atom is 0.307 e. The number of benzene rings is 1. The van der Waals surface area contributed by atoms with Crippen LogP contribution in [0.15, 0.2) is 33.5 Å². The Labute approximate surface area is 195 Å². The summed E-state index contributed by atoms with van der Waals surface area (Å²) in [5, 5.41) is 16.7. The molecule has 2 N–H and O–H groups in total. The van der Waals surface area contributed by atoms with Crippen molar-refractivity contribution >= 4 is 48.3 Å². The Morgan fingerprint density at radius 1 is 1.27 bits per heavy atom. The monoisotopic (exact) mass is 506 g/mol. The quantitative estimate of drug-likeness (QED) is 0.402. The van der Waals surface area contributed by atoms with Crippen LogP contribution in [0.3, 0.4) is 0 Å². The zero-order valence-corrected chi connectivity index (χ0v) is 19.7. The van der Waals surface area contributed by atoms with E-state index in [-0.39, 0.29) is 24.1 Å². The summed E-state index contributed by atoms with van der Waals surface area (Å²) in [6.45, 7) is 1.25. The van der Waals surface area contributed by atoms with Gasteiger partial charge in [0.15, 0.2) is 15.1 Å². The van der Waals surface area contributed by atoms with Crippen LogP contribution >= 0.6 is 22.7 Å². The molecule has 0 saturated carbocycles. The minimum Gasteiger partial charge on any atom is -0.494 e. The van der Waals surface area contributed by atoms with E-state index in [2.05, 4.69) is 20.2 Å². The molecule has 1 aliphatic rings. The molecule has 0 radical (unpaired) electrons. The fourth-order valence-corrected chi connectivity index (χ4v) is 6.81. The molecule has 5 rings (SSSR count). The van der Waals surface area contributed by atoms with Crippen LogP contribution in [0.5, 0.6) is 5.88 Å². The Kier molecular flexibility index (Phi) is 5.64. The number of aromatic hydroxyl groups is 1. The molecular formula is C20H18N4O6S3. The molecule has 1 unspecified atom stereocenters. The van der Waals surface area contributed by atoms with Crippen LogP contribution in [0, 0.1) is 0 Å². The molecule has 0 saturated heterocycles. The van der Waals surface area contributed by atoms with E-state index < -0.39 is 20.0 Å². The SMILES string of the molecule is CS(=O)(=O)C(c1nnc(Cc2sc(=O)[nH]c2O)o1)c1nc2ccc(C3=CCOCC3)cc2s1. The molecule has 0 bridgehead atoms. The van der Waals surface area contributed by atoms with E-state index in [1.165, 1.54) is 16.9 Å². The van der Waals surface area contributed by atoms with Gasteiger partial charge in [0.1, 0.15) is 5.01 Å². The number of aromatic amines is 1. The van der Waals surface area contributed by atoms with Crippen molar-refractivity contribution in [2.24, 2.45) is 0 Å². The Hall–Kier alpha value is -2.87. The van der Waals surface area contributed by atoms with Crippen LogP contribution in [0.2, 0.25) is 0 Å². The van der Waals surface area contributed by atoms with Gasteiger partial charge in [0.2, 0.25) is 17.7 Å². The first kappa shape index (κ1) is 21.9. The Morgan fingerprint density at radius 2 is 2.12 bits per heavy atom. The highest BCUT2D eigenvalue weighted by molar-refractivity contribution is 7.91. The highest BCUT2D eigenvalue weighted by Crippen LogP contribution is 2.36. The number of ether oxygens (including phenoxy) is 1. The molecule has 1 aromatic carbocycles. The lowest BCUT2D eigenvalue weighted by Gasteiger charge is -2.13. The number of thiazole rings is 2. The van der Waals surface area contributed by atoms with Gasteiger partial charge in [0, 0.05) is 6.26 Å². The van der Waals surface area contributed by atoms with Crippen molar-refractivity contribution in [3.63, 3.8) is 0 Å². The summed E-state index contributed by atoms with van der Waals surface area (Å²) in [6.07, 6.45) is 3.96. The second-order valence-electron chi connectivity index (χ2n) is 7.50. The average molecular weight is 507 g/mol. The summed E-state index contributed by atoms with van der Waals surface area (Å²) in [4.78, 5) is 18.1. The van der Waals surface area contributed by atoms with Crippen molar-refractivity contribution in [1.29, 1.82) is 0 Å². The van der Waals surface area contributed by atoms with E-state index in [0.29, 0.717) is 28.6 Å². The van der Waals surface area contributed by atoms with Gasteiger partial charge in [-0.05, 0) is 29.7 Å². The summed E-state index contributed by atoms with van der Waals surface area (Å²) < 4.78 is 37.2. The molecule has 1 atom stereocenters. The van der Waals surface area contributed by atoms with Gasteiger partial charge in [-0.3, -0.25) is 9.78 Å². The molecule has 13 heteroatoms. The molecule has 4 aromatic rings. The number of H-pyrrole nitrogens is 1. The number of hydrogen-bond acceptors (Lipinski definition) is 11. The first-order chi connectivity index (χ1) is 15.8. The highest BCUT2D eigenvalue weighted by Gasteiger charge is 2.34. The van der Waals surface area contributed by atoms with Gasteiger partial charge < -0.3 is 14.3 Å². The molecule has 0 amide bonds. The minimum atomic E-state index is -3.69. The van der Waals surface area contributed by atoms with Crippen LogP contribution in [-0.4, -0.2) is 53.2 Å². The summed E-state index contributed by atoms with van der Waals surface area (Å²) in [6, 6.07) is 5.84. The van der Waals surface area contributed by atoms with Crippen LogP contribution in [0.4, 0.5) is 0 Å². The van der Waals surface area contributed by atoms with Crippen molar-refractivity contribution in [1.82, 2.24) is 20.2 Å². The summed E-state index contributed by atoms with van der Waals surface area (Å²) >= 11 is 2.08. The Balaban J connectivity index is 1.49. The molecule has 10 nitrogen and oxygen atoms in total. The van der Waals surface area contributed by atoms with E-state index in [1.54, 1.807) is 0 Å². The standard InChI is InChI=1S/C20H18N4O6S3/c1-33(27,28)16(18-24-23-15(30-18)9-14-17(25)22-20(26)32-14)19-21-12-3-2-11(8-13(12)31-19)10-4-6-29-7-5-10/h2-4,8,16,25H,5-7,9H2,1H3,(H,22,26). The number of sulfone groups is 1. The van der Waals surface area contributed by atoms with Crippen LogP contribution in [0.1, 0.15) is 38.9 Å². The number of aromatic nitrogens is 4. The van der Waals surface area contributed by atoms with Crippen molar-refractivity contribution in [2.75, 3.05) is 19.5 Å². The van der Waals surface area contributed by atoms with Gasteiger partial charge in [-0.25, -0.2) is 13.4 Å². The third kappa shape index (κ3) is 4.49. The van der Waals surface area contributed by atoms with Gasteiger partial charge in [0.25, 0.3) is 0 Å². The fourth-order valence-electron chi connectivity index (χ4n) is 3.57. The fraction of sp³-hybridized carbons (Fsp3) is 0.300. The summed E-state index contributed by atoms with van der Waals surface area (Å²) in [7, 11) is -3.69. The number of nitrogens with one attached hydrogen (secondary N) is 1. The summed E-state index contributed by atoms with van der Waals surface area (Å²) in [5.41, 5.74) is 2.93. The lowest BCUT2D eigenvalue weighted by molar-refractivity contribution is 0.161. The average Bonchev–Trinajstić information content (AvgIpc) is 3.46. The molecule has 0 fully saturated rings. The van der Waals surface area contributed by atoms with Crippen LogP contribution in [-0.2, 0) is 21.0 Å². The molecule has 0 aliphatic carbocycles. The second-order valence-corrected chi connectivity index (χ2v) is 11.8. The maximum absolute atomic E-state index is 12.7. The number of hydrogen-bond donors (Lipinski definition) is 2. The highest BCUT2D eigenvalue weighted by atomic mass is 32.2. The van der Waals surface area contributed by atoms with Gasteiger partial charge >= 0.3 is 4.87 Å². The van der Waals surface area contributed by atoms with Crippen molar-refractivity contribution < 1.29 is 22.7 Å². The molecule has 4 heterocycles. The van der Waals surface area contributed by atoms with Crippen molar-refractivity contribution in [3.8, 4) is 5.88 Å². The lowest BCUT2D eigenvalue weighted by Crippen LogP contribution is -2.13. The zero-order valence-electron chi connectivity index (χ0n) is 17.3. The first-order valence-electron chi connectivity index (χ1n) is 9.87. The van der Waals surface area contributed by atoms with Crippen LogP contribution in [0.25, 0.3) is 15.8 Å². The van der Waals surface area contributed by atoms with Gasteiger partial charge in [-0.2, -0.15) is 0 Å². The van der Waals surface area contributed by atoms with E-state index in [9.17, 15) is 18.3 Å². The Morgan fingerprint density at radius 3 is 2.82 bits per heavy atom. The molecule has 0 spiro atoms.